The summed E-state index contributed by atoms with van der Waals surface area (Å²) in [4.78, 5) is 25.1. The molecule has 170 valence electrons. The first-order valence-electron chi connectivity index (χ1n) is 8.45. The maximum atomic E-state index is 12.6. The quantitative estimate of drug-likeness (QED) is 0.162. The van der Waals surface area contributed by atoms with Gasteiger partial charge in [0, 0.05) is 37.1 Å². The number of halogens is 8. The minimum atomic E-state index is -0.946. The van der Waals surface area contributed by atoms with E-state index in [9.17, 15) is 14.7 Å². The molecule has 1 aliphatic heterocycles. The highest BCUT2D eigenvalue weighted by atomic mass is 79.9. The first-order chi connectivity index (χ1) is 15.5. The molecule has 2 aliphatic rings. The molecule has 1 heterocycles. The van der Waals surface area contributed by atoms with E-state index in [-0.39, 0.29) is 57.7 Å². The third-order valence-electron chi connectivity index (χ3n) is 4.70. The van der Waals surface area contributed by atoms with Crippen LogP contribution >= 0.6 is 110 Å². The molecule has 4 rings (SSSR count). The fourth-order valence-corrected chi connectivity index (χ4v) is 6.10. The van der Waals surface area contributed by atoms with Crippen LogP contribution in [0.2, 0.25) is 15.1 Å². The van der Waals surface area contributed by atoms with E-state index < -0.39 is 5.97 Å². The second kappa shape index (κ2) is 9.50. The van der Waals surface area contributed by atoms with E-state index >= 15 is 0 Å². The lowest BCUT2D eigenvalue weighted by Crippen LogP contribution is -2.08. The van der Waals surface area contributed by atoms with Crippen molar-refractivity contribution in [3.05, 3.63) is 66.9 Å². The monoisotopic (exact) mass is 780 g/mol. The van der Waals surface area contributed by atoms with Crippen LogP contribution in [0.15, 0.2) is 45.3 Å². The third-order valence-corrected chi connectivity index (χ3v) is 8.87. The van der Waals surface area contributed by atoms with E-state index in [1.807, 2.05) is 0 Å². The smallest absolute Gasteiger partial charge is 0.356 e. The Morgan fingerprint density at radius 2 is 1.58 bits per heavy atom. The molecule has 0 radical (unpaired) electrons. The van der Waals surface area contributed by atoms with E-state index in [0.29, 0.717) is 25.5 Å². The van der Waals surface area contributed by atoms with Crippen LogP contribution in [0.1, 0.15) is 10.4 Å². The van der Waals surface area contributed by atoms with Gasteiger partial charge in [-0.2, -0.15) is 0 Å². The molecule has 0 aromatic heterocycles. The molecular weight excluding hydrogens is 782 g/mol. The summed E-state index contributed by atoms with van der Waals surface area (Å²) in [6.45, 7) is 0. The number of hydrogen-bond donors (Lipinski definition) is 1. The summed E-state index contributed by atoms with van der Waals surface area (Å²) in [5.41, 5.74) is 0.494. The fourth-order valence-electron chi connectivity index (χ4n) is 3.35. The van der Waals surface area contributed by atoms with Crippen LogP contribution in [-0.4, -0.2) is 11.1 Å². The minimum Gasteiger partial charge on any atom is -0.507 e. The lowest BCUT2D eigenvalue weighted by molar-refractivity contribution is 0.0752. The van der Waals surface area contributed by atoms with Gasteiger partial charge in [-0.3, -0.25) is 4.79 Å². The molecule has 1 aliphatic carbocycles. The van der Waals surface area contributed by atoms with Crippen LogP contribution in [0.3, 0.4) is 0 Å². The Morgan fingerprint density at radius 3 is 2.21 bits per heavy atom. The Bertz CT molecular complexity index is 1540. The molecule has 1 N–H and O–H groups in total. The molecule has 0 amide bonds. The molecule has 33 heavy (non-hydrogen) atoms. The van der Waals surface area contributed by atoms with Gasteiger partial charge in [-0.15, -0.1) is 0 Å². The molecule has 13 heteroatoms. The summed E-state index contributed by atoms with van der Waals surface area (Å²) in [5, 5.41) is 10.6. The van der Waals surface area contributed by atoms with Crippen molar-refractivity contribution in [2.45, 2.75) is 0 Å². The molecule has 0 spiro atoms. The van der Waals surface area contributed by atoms with Crippen molar-refractivity contribution >= 4 is 127 Å². The lowest BCUT2D eigenvalue weighted by Gasteiger charge is -2.22. The van der Waals surface area contributed by atoms with Gasteiger partial charge < -0.3 is 13.8 Å². The van der Waals surface area contributed by atoms with E-state index in [1.165, 1.54) is 18.2 Å². The number of carbonyl (C=O) groups is 1. The largest absolute Gasteiger partial charge is 0.507 e. The minimum absolute atomic E-state index is 0.00306. The number of fused-ring (bicyclic) bond motifs is 2. The third kappa shape index (κ3) is 4.12. The first kappa shape index (κ1) is 25.6. The maximum Gasteiger partial charge on any atom is 0.356 e. The zero-order chi connectivity index (χ0) is 24.4. The van der Waals surface area contributed by atoms with Crippen molar-refractivity contribution in [1.29, 1.82) is 0 Å². The Labute approximate surface area is 238 Å². The fraction of sp³-hybridized carbons (Fsp3) is 0. The lowest BCUT2D eigenvalue weighted by atomic mass is 9.90. The van der Waals surface area contributed by atoms with Gasteiger partial charge in [0.1, 0.15) is 26.6 Å². The number of aromatic hydroxyl groups is 1. The molecule has 0 atom stereocenters. The molecular formula is C20H4Br4Cl4O5. The van der Waals surface area contributed by atoms with Crippen LogP contribution in [0, 0.1) is 0 Å². The Morgan fingerprint density at radius 1 is 0.909 bits per heavy atom. The van der Waals surface area contributed by atoms with E-state index in [2.05, 4.69) is 68.0 Å². The molecule has 2 aromatic carbocycles. The van der Waals surface area contributed by atoms with Crippen LogP contribution in [0.4, 0.5) is 0 Å². The highest BCUT2D eigenvalue weighted by Crippen LogP contribution is 2.54. The summed E-state index contributed by atoms with van der Waals surface area (Å²) in [6.07, 6.45) is 0. The summed E-state index contributed by atoms with van der Waals surface area (Å²) in [6, 6.07) is 4.02. The second-order valence-corrected chi connectivity index (χ2v) is 11.1. The van der Waals surface area contributed by atoms with Gasteiger partial charge in [0.05, 0.1) is 20.6 Å². The Balaban J connectivity index is 2.42. The zero-order valence-electron chi connectivity index (χ0n) is 15.3. The summed E-state index contributed by atoms with van der Waals surface area (Å²) < 4.78 is 11.5. The van der Waals surface area contributed by atoms with E-state index in [4.69, 9.17) is 51.1 Å². The Kier molecular flexibility index (Phi) is 7.36. The van der Waals surface area contributed by atoms with Gasteiger partial charge in [-0.1, -0.05) is 34.8 Å². The molecule has 2 aromatic rings. The standard InChI is InChI=1S/C20H4Br4Cl4O5/c21-5-2-8(29)14(23)18-11(5)13(12-6(22)3-9(30)15(24)19(12)32-18)10-4(20(31)33-28)1-7(25)16(26)17(10)27/h1-3,29H. The molecule has 0 bridgehead atoms. The average molecular weight is 786 g/mol. The number of rotatable bonds is 2. The van der Waals surface area contributed by atoms with Crippen molar-refractivity contribution in [2.24, 2.45) is 0 Å². The number of benzene rings is 3. The van der Waals surface area contributed by atoms with Crippen LogP contribution in [-0.2, 0) is 4.29 Å². The number of hydrogen-bond acceptors (Lipinski definition) is 5. The highest BCUT2D eigenvalue weighted by molar-refractivity contribution is 9.11. The Hall–Kier alpha value is -0.520. The van der Waals surface area contributed by atoms with E-state index in [0.717, 1.165) is 0 Å². The summed E-state index contributed by atoms with van der Waals surface area (Å²) in [5.74, 6) is -0.973. The van der Waals surface area contributed by atoms with Gasteiger partial charge >= 0.3 is 5.97 Å². The normalized spacial score (nSPS) is 11.4. The van der Waals surface area contributed by atoms with Crippen molar-refractivity contribution < 1.29 is 18.6 Å². The highest BCUT2D eigenvalue weighted by Gasteiger charge is 2.32. The van der Waals surface area contributed by atoms with Crippen molar-refractivity contribution in [3.8, 4) is 28.2 Å². The number of phenols is 1. The van der Waals surface area contributed by atoms with E-state index in [1.54, 1.807) is 0 Å². The van der Waals surface area contributed by atoms with Gasteiger partial charge in [-0.05, 0) is 75.9 Å². The number of phenolic OH excluding ortho intramolecular Hbond substituents is 1. The molecule has 0 saturated heterocycles. The predicted molar refractivity (Wildman–Crippen MR) is 143 cm³/mol. The van der Waals surface area contributed by atoms with Crippen LogP contribution in [0.5, 0.6) is 5.75 Å². The van der Waals surface area contributed by atoms with Crippen LogP contribution < -0.4 is 5.43 Å². The van der Waals surface area contributed by atoms with Crippen molar-refractivity contribution in [3.63, 3.8) is 0 Å². The van der Waals surface area contributed by atoms with Crippen LogP contribution in [0.25, 0.3) is 33.4 Å². The predicted octanol–water partition coefficient (Wildman–Crippen LogP) is 9.59. The molecule has 0 saturated carbocycles. The average Bonchev–Trinajstić information content (AvgIpc) is 2.77. The second-order valence-electron chi connectivity index (χ2n) is 6.52. The topological polar surface area (TPSA) is 76.7 Å². The zero-order valence-corrected chi connectivity index (χ0v) is 24.7. The number of carbonyl (C=O) groups excluding carboxylic acids is 1. The summed E-state index contributed by atoms with van der Waals surface area (Å²) in [7, 11) is 0. The van der Waals surface area contributed by atoms with Gasteiger partial charge in [-0.25, -0.2) is 4.79 Å². The first-order valence-corrected chi connectivity index (χ1v) is 13.1. The van der Waals surface area contributed by atoms with Gasteiger partial charge in [0.15, 0.2) is 16.8 Å². The summed E-state index contributed by atoms with van der Waals surface area (Å²) >= 11 is 38.0. The maximum absolute atomic E-state index is 12.6. The van der Waals surface area contributed by atoms with Gasteiger partial charge in [0.2, 0.25) is 0 Å². The molecule has 5 nitrogen and oxygen atoms in total. The van der Waals surface area contributed by atoms with Crippen molar-refractivity contribution in [2.75, 3.05) is 0 Å². The molecule has 0 unspecified atom stereocenters. The SMILES string of the molecule is O=C(OCl)c1cc(Cl)c(Cl)c(Cl)c1-c1c2c(Br)cc(=O)c(Br)c-2oc2c(Br)c(O)cc(Br)c12. The van der Waals surface area contributed by atoms with Gasteiger partial charge in [0.25, 0.3) is 0 Å². The van der Waals surface area contributed by atoms with Crippen molar-refractivity contribution in [1.82, 2.24) is 0 Å². The molecule has 0 fully saturated rings.